The van der Waals surface area contributed by atoms with Crippen molar-refractivity contribution in [2.24, 2.45) is 0 Å². The smallest absolute Gasteiger partial charge is 0.241 e. The molecule has 0 aliphatic carbocycles. The number of sulfonamides is 1. The molecule has 1 aromatic rings. The first-order valence-electron chi connectivity index (χ1n) is 7.75. The average molecular weight is 338 g/mol. The first-order valence-corrected chi connectivity index (χ1v) is 9.60. The van der Waals surface area contributed by atoms with Crippen molar-refractivity contribution in [3.63, 3.8) is 0 Å². The number of ether oxygens (including phenoxy) is 1. The van der Waals surface area contributed by atoms with Gasteiger partial charge in [0.25, 0.3) is 0 Å². The van der Waals surface area contributed by atoms with E-state index >= 15 is 0 Å². The van der Waals surface area contributed by atoms with E-state index in [0.717, 1.165) is 18.2 Å². The highest BCUT2D eigenvalue weighted by Crippen LogP contribution is 2.27. The van der Waals surface area contributed by atoms with Crippen LogP contribution in [0.25, 0.3) is 0 Å². The average Bonchev–Trinajstić information content (AvgIpc) is 2.98. The minimum Gasteiger partial charge on any atom is -0.380 e. The standard InChI is InChI=1S/C16H22N2O4S/c1-22-14-9-15(18(11-14)23(2,20)21)16(19)17-8-7-12-5-3-4-6-13(12)10-17/h3-6,14-15H,7-11H2,1-2H3/t14-,15+/m0/s1. The van der Waals surface area contributed by atoms with Gasteiger partial charge in [-0.3, -0.25) is 4.79 Å². The topological polar surface area (TPSA) is 66.9 Å². The van der Waals surface area contributed by atoms with Crippen molar-refractivity contribution in [2.75, 3.05) is 26.5 Å². The van der Waals surface area contributed by atoms with Crippen molar-refractivity contribution in [1.29, 1.82) is 0 Å². The maximum Gasteiger partial charge on any atom is 0.241 e. The molecule has 0 aromatic heterocycles. The summed E-state index contributed by atoms with van der Waals surface area (Å²) in [5.74, 6) is -0.121. The van der Waals surface area contributed by atoms with Crippen molar-refractivity contribution >= 4 is 15.9 Å². The van der Waals surface area contributed by atoms with E-state index in [0.29, 0.717) is 19.5 Å². The first-order chi connectivity index (χ1) is 10.9. The normalized spacial score (nSPS) is 25.4. The zero-order valence-electron chi connectivity index (χ0n) is 13.4. The Morgan fingerprint density at radius 2 is 1.96 bits per heavy atom. The molecule has 1 saturated heterocycles. The number of fused-ring (bicyclic) bond motifs is 1. The van der Waals surface area contributed by atoms with Crippen molar-refractivity contribution in [3.8, 4) is 0 Å². The molecule has 3 rings (SSSR count). The lowest BCUT2D eigenvalue weighted by Crippen LogP contribution is -2.48. The monoisotopic (exact) mass is 338 g/mol. The van der Waals surface area contributed by atoms with E-state index in [2.05, 4.69) is 6.07 Å². The molecule has 0 bridgehead atoms. The van der Waals surface area contributed by atoms with Crippen LogP contribution < -0.4 is 0 Å². The number of carbonyl (C=O) groups excluding carboxylic acids is 1. The summed E-state index contributed by atoms with van der Waals surface area (Å²) >= 11 is 0. The third-order valence-corrected chi connectivity index (χ3v) is 5.96. The summed E-state index contributed by atoms with van der Waals surface area (Å²) < 4.78 is 30.5. The summed E-state index contributed by atoms with van der Waals surface area (Å²) in [6.45, 7) is 1.42. The fourth-order valence-electron chi connectivity index (χ4n) is 3.42. The Bertz CT molecular complexity index is 704. The second-order valence-corrected chi connectivity index (χ2v) is 8.16. The van der Waals surface area contributed by atoms with Gasteiger partial charge in [0.2, 0.25) is 15.9 Å². The highest BCUT2D eigenvalue weighted by molar-refractivity contribution is 7.88. The molecule has 6 nitrogen and oxygen atoms in total. The molecule has 7 heteroatoms. The van der Waals surface area contributed by atoms with Gasteiger partial charge in [-0.2, -0.15) is 4.31 Å². The lowest BCUT2D eigenvalue weighted by atomic mass is 9.99. The highest BCUT2D eigenvalue weighted by atomic mass is 32.2. The van der Waals surface area contributed by atoms with Crippen LogP contribution in [0.1, 0.15) is 17.5 Å². The van der Waals surface area contributed by atoms with Gasteiger partial charge in [-0.05, 0) is 17.5 Å². The van der Waals surface area contributed by atoms with Crippen LogP contribution >= 0.6 is 0 Å². The number of methoxy groups -OCH3 is 1. The Labute approximate surface area is 137 Å². The number of hydrogen-bond donors (Lipinski definition) is 0. The number of carbonyl (C=O) groups is 1. The fraction of sp³-hybridized carbons (Fsp3) is 0.562. The molecule has 1 aromatic carbocycles. The number of rotatable bonds is 3. The van der Waals surface area contributed by atoms with Crippen LogP contribution in [0.2, 0.25) is 0 Å². The Hall–Kier alpha value is -1.44. The molecule has 126 valence electrons. The lowest BCUT2D eigenvalue weighted by molar-refractivity contribution is -0.135. The van der Waals surface area contributed by atoms with Gasteiger partial charge in [-0.15, -0.1) is 0 Å². The molecule has 0 radical (unpaired) electrons. The van der Waals surface area contributed by atoms with Gasteiger partial charge < -0.3 is 9.64 Å². The van der Waals surface area contributed by atoms with Crippen LogP contribution in [-0.2, 0) is 32.5 Å². The number of hydrogen-bond acceptors (Lipinski definition) is 4. The van der Waals surface area contributed by atoms with Crippen LogP contribution in [-0.4, -0.2) is 62.1 Å². The molecule has 2 aliphatic heterocycles. The number of benzene rings is 1. The van der Waals surface area contributed by atoms with Crippen molar-refractivity contribution in [1.82, 2.24) is 9.21 Å². The molecular formula is C16H22N2O4S. The Morgan fingerprint density at radius 3 is 2.61 bits per heavy atom. The van der Waals surface area contributed by atoms with E-state index in [9.17, 15) is 13.2 Å². The van der Waals surface area contributed by atoms with Gasteiger partial charge in [0.1, 0.15) is 6.04 Å². The Balaban J connectivity index is 1.80. The second kappa shape index (κ2) is 6.22. The third kappa shape index (κ3) is 3.27. The number of nitrogens with zero attached hydrogens (tertiary/aromatic N) is 2. The fourth-order valence-corrected chi connectivity index (χ4v) is 4.50. The van der Waals surface area contributed by atoms with E-state index in [1.165, 1.54) is 9.87 Å². The van der Waals surface area contributed by atoms with Gasteiger partial charge in [-0.1, -0.05) is 24.3 Å². The summed E-state index contributed by atoms with van der Waals surface area (Å²) in [4.78, 5) is 14.7. The van der Waals surface area contributed by atoms with Crippen molar-refractivity contribution < 1.29 is 17.9 Å². The van der Waals surface area contributed by atoms with E-state index in [1.54, 1.807) is 12.0 Å². The molecule has 2 heterocycles. The molecule has 23 heavy (non-hydrogen) atoms. The molecule has 1 fully saturated rings. The summed E-state index contributed by atoms with van der Waals surface area (Å²) in [5.41, 5.74) is 2.40. The largest absolute Gasteiger partial charge is 0.380 e. The van der Waals surface area contributed by atoms with Crippen molar-refractivity contribution in [3.05, 3.63) is 35.4 Å². The molecule has 0 saturated carbocycles. The number of amides is 1. The zero-order valence-corrected chi connectivity index (χ0v) is 14.3. The van der Waals surface area contributed by atoms with E-state index < -0.39 is 16.1 Å². The molecule has 2 atom stereocenters. The summed E-state index contributed by atoms with van der Waals surface area (Å²) in [7, 11) is -1.88. The van der Waals surface area contributed by atoms with E-state index in [1.807, 2.05) is 18.2 Å². The van der Waals surface area contributed by atoms with E-state index in [-0.39, 0.29) is 18.6 Å². The minimum absolute atomic E-state index is 0.121. The highest BCUT2D eigenvalue weighted by Gasteiger charge is 2.43. The Morgan fingerprint density at radius 1 is 1.26 bits per heavy atom. The molecular weight excluding hydrogens is 316 g/mol. The maximum atomic E-state index is 12.9. The summed E-state index contributed by atoms with van der Waals surface area (Å²) in [6, 6.07) is 7.42. The van der Waals surface area contributed by atoms with Gasteiger partial charge in [0.05, 0.1) is 12.4 Å². The van der Waals surface area contributed by atoms with Gasteiger partial charge >= 0.3 is 0 Å². The van der Waals surface area contributed by atoms with Gasteiger partial charge in [0, 0.05) is 33.2 Å². The van der Waals surface area contributed by atoms with Crippen LogP contribution in [0, 0.1) is 0 Å². The summed E-state index contributed by atoms with van der Waals surface area (Å²) in [5, 5.41) is 0. The maximum absolute atomic E-state index is 12.9. The zero-order chi connectivity index (χ0) is 16.6. The van der Waals surface area contributed by atoms with Crippen LogP contribution in [0.15, 0.2) is 24.3 Å². The molecule has 0 spiro atoms. The van der Waals surface area contributed by atoms with Crippen LogP contribution in [0.3, 0.4) is 0 Å². The van der Waals surface area contributed by atoms with Crippen LogP contribution in [0.5, 0.6) is 0 Å². The lowest BCUT2D eigenvalue weighted by Gasteiger charge is -2.32. The first kappa shape index (κ1) is 16.4. The van der Waals surface area contributed by atoms with Crippen molar-refractivity contribution in [2.45, 2.75) is 31.5 Å². The Kier molecular flexibility index (Phi) is 4.44. The second-order valence-electron chi connectivity index (χ2n) is 6.22. The minimum atomic E-state index is -3.43. The summed E-state index contributed by atoms with van der Waals surface area (Å²) in [6.07, 6.45) is 2.15. The third-order valence-electron chi connectivity index (χ3n) is 4.70. The SMILES string of the molecule is CO[C@H]1C[C@H](C(=O)N2CCc3ccccc3C2)N(S(C)(=O)=O)C1. The molecule has 1 amide bonds. The van der Waals surface area contributed by atoms with Gasteiger partial charge in [0.15, 0.2) is 0 Å². The van der Waals surface area contributed by atoms with E-state index in [4.69, 9.17) is 4.74 Å². The predicted octanol–water partition coefficient (Wildman–Crippen LogP) is 0.620. The molecule has 0 N–H and O–H groups in total. The van der Waals surface area contributed by atoms with Gasteiger partial charge in [-0.25, -0.2) is 8.42 Å². The predicted molar refractivity (Wildman–Crippen MR) is 86.3 cm³/mol. The van der Waals surface area contributed by atoms with Crippen LogP contribution in [0.4, 0.5) is 0 Å². The molecule has 0 unspecified atom stereocenters. The quantitative estimate of drug-likeness (QED) is 0.810. The molecule has 2 aliphatic rings.